The van der Waals surface area contributed by atoms with Crippen molar-refractivity contribution < 1.29 is 14.3 Å². The lowest BCUT2D eigenvalue weighted by atomic mass is 10.2. The van der Waals surface area contributed by atoms with Crippen molar-refractivity contribution in [3.05, 3.63) is 11.6 Å². The topological polar surface area (TPSA) is 51.7 Å². The number of nitrogens with zero attached hydrogens (tertiary/aromatic N) is 2. The Hall–Kier alpha value is -1.14. The van der Waals surface area contributed by atoms with Gasteiger partial charge in [0.2, 0.25) is 0 Å². The van der Waals surface area contributed by atoms with E-state index in [1.54, 1.807) is 6.20 Å². The van der Waals surface area contributed by atoms with E-state index >= 15 is 0 Å². The molecule has 0 radical (unpaired) electrons. The first kappa shape index (κ1) is 10.4. The lowest BCUT2D eigenvalue weighted by Gasteiger charge is -2.33. The van der Waals surface area contributed by atoms with Gasteiger partial charge in [-0.05, 0) is 0 Å². The van der Waals surface area contributed by atoms with Gasteiger partial charge in [-0.2, -0.15) is 0 Å². The summed E-state index contributed by atoms with van der Waals surface area (Å²) in [5, 5.41) is 2.73. The second-order valence-electron chi connectivity index (χ2n) is 3.12. The van der Waals surface area contributed by atoms with Crippen LogP contribution in [-0.4, -0.2) is 43.9 Å². The van der Waals surface area contributed by atoms with Crippen molar-refractivity contribution in [3.63, 3.8) is 0 Å². The van der Waals surface area contributed by atoms with Crippen LogP contribution in [0.3, 0.4) is 0 Å². The Morgan fingerprint density at radius 3 is 3.33 bits per heavy atom. The van der Waals surface area contributed by atoms with E-state index in [1.807, 2.05) is 10.3 Å². The molecule has 1 aromatic rings. The molecule has 82 valence electrons. The van der Waals surface area contributed by atoms with Gasteiger partial charge in [0, 0.05) is 18.1 Å². The number of morpholine rings is 1. The van der Waals surface area contributed by atoms with E-state index in [-0.39, 0.29) is 12.0 Å². The number of thiazole rings is 1. The predicted molar refractivity (Wildman–Crippen MR) is 56.1 cm³/mol. The van der Waals surface area contributed by atoms with E-state index in [0.29, 0.717) is 19.8 Å². The van der Waals surface area contributed by atoms with Gasteiger partial charge >= 0.3 is 5.97 Å². The Bertz CT molecular complexity index is 328. The lowest BCUT2D eigenvalue weighted by molar-refractivity contribution is -0.144. The second-order valence-corrected chi connectivity index (χ2v) is 3.99. The third-order valence-electron chi connectivity index (χ3n) is 2.27. The van der Waals surface area contributed by atoms with Gasteiger partial charge < -0.3 is 14.4 Å². The predicted octanol–water partition coefficient (Wildman–Crippen LogP) is 0.521. The number of hydrogen-bond acceptors (Lipinski definition) is 6. The van der Waals surface area contributed by atoms with Crippen molar-refractivity contribution in [2.75, 3.05) is 31.8 Å². The summed E-state index contributed by atoms with van der Waals surface area (Å²) in [5.41, 5.74) is 0. The number of ether oxygens (including phenoxy) is 2. The first-order valence-corrected chi connectivity index (χ1v) is 5.52. The summed E-state index contributed by atoms with van der Waals surface area (Å²) in [6.45, 7) is 1.66. The van der Waals surface area contributed by atoms with Crippen LogP contribution in [0, 0.1) is 0 Å². The van der Waals surface area contributed by atoms with Crippen LogP contribution in [0.2, 0.25) is 0 Å². The van der Waals surface area contributed by atoms with Crippen molar-refractivity contribution in [2.24, 2.45) is 0 Å². The molecule has 0 N–H and O–H groups in total. The Morgan fingerprint density at radius 1 is 1.80 bits per heavy atom. The normalized spacial score (nSPS) is 21.4. The van der Waals surface area contributed by atoms with Crippen LogP contribution >= 0.6 is 11.3 Å². The van der Waals surface area contributed by atoms with E-state index < -0.39 is 0 Å². The average Bonchev–Trinajstić information content (AvgIpc) is 2.81. The van der Waals surface area contributed by atoms with Crippen LogP contribution < -0.4 is 4.90 Å². The number of carbonyl (C=O) groups is 1. The third kappa shape index (κ3) is 2.10. The van der Waals surface area contributed by atoms with E-state index in [4.69, 9.17) is 9.47 Å². The van der Waals surface area contributed by atoms with Gasteiger partial charge in [0.15, 0.2) is 11.2 Å². The van der Waals surface area contributed by atoms with E-state index in [1.165, 1.54) is 18.4 Å². The van der Waals surface area contributed by atoms with Crippen molar-refractivity contribution >= 4 is 22.4 Å². The summed E-state index contributed by atoms with van der Waals surface area (Å²) in [6, 6.07) is -0.366. The third-order valence-corrected chi connectivity index (χ3v) is 3.08. The Balaban J connectivity index is 2.16. The zero-order valence-corrected chi connectivity index (χ0v) is 9.20. The van der Waals surface area contributed by atoms with Crippen LogP contribution in [0.25, 0.3) is 0 Å². The smallest absolute Gasteiger partial charge is 0.330 e. The van der Waals surface area contributed by atoms with Crippen LogP contribution in [0.15, 0.2) is 11.6 Å². The fourth-order valence-electron chi connectivity index (χ4n) is 1.52. The Kier molecular flexibility index (Phi) is 3.17. The molecule has 1 aromatic heterocycles. The van der Waals surface area contributed by atoms with Gasteiger partial charge in [-0.1, -0.05) is 0 Å². The summed E-state index contributed by atoms with van der Waals surface area (Å²) < 4.78 is 10.0. The molecule has 1 unspecified atom stereocenters. The highest BCUT2D eigenvalue weighted by Crippen LogP contribution is 2.22. The molecule has 6 heteroatoms. The second kappa shape index (κ2) is 4.59. The zero-order valence-electron chi connectivity index (χ0n) is 8.38. The zero-order chi connectivity index (χ0) is 10.7. The van der Waals surface area contributed by atoms with Crippen molar-refractivity contribution in [2.45, 2.75) is 6.04 Å². The molecule has 0 spiro atoms. The van der Waals surface area contributed by atoms with Crippen LogP contribution in [-0.2, 0) is 14.3 Å². The average molecular weight is 228 g/mol. The molecule has 0 aliphatic carbocycles. The molecule has 0 amide bonds. The van der Waals surface area contributed by atoms with Gasteiger partial charge in [-0.3, -0.25) is 0 Å². The quantitative estimate of drug-likeness (QED) is 0.691. The Labute approximate surface area is 91.6 Å². The molecule has 0 saturated carbocycles. The molecule has 0 aromatic carbocycles. The summed E-state index contributed by atoms with van der Waals surface area (Å²) in [5.74, 6) is -0.273. The number of aromatic nitrogens is 1. The molecular weight excluding hydrogens is 216 g/mol. The number of carbonyl (C=O) groups excluding carboxylic acids is 1. The first-order chi connectivity index (χ1) is 7.33. The minimum absolute atomic E-state index is 0.273. The molecule has 2 heterocycles. The monoisotopic (exact) mass is 228 g/mol. The maximum atomic E-state index is 11.5. The largest absolute Gasteiger partial charge is 0.467 e. The Morgan fingerprint density at radius 2 is 2.67 bits per heavy atom. The number of methoxy groups -OCH3 is 1. The van der Waals surface area contributed by atoms with Gasteiger partial charge in [0.05, 0.1) is 20.3 Å². The molecule has 1 aliphatic rings. The first-order valence-electron chi connectivity index (χ1n) is 4.64. The van der Waals surface area contributed by atoms with Gasteiger partial charge in [0.25, 0.3) is 0 Å². The number of anilines is 1. The maximum absolute atomic E-state index is 11.5. The number of rotatable bonds is 2. The molecule has 1 atom stereocenters. The highest BCUT2D eigenvalue weighted by molar-refractivity contribution is 7.13. The fourth-order valence-corrected chi connectivity index (χ4v) is 2.24. The van der Waals surface area contributed by atoms with Crippen LogP contribution in [0.5, 0.6) is 0 Å². The SMILES string of the molecule is COC(=O)C1COCCN1c1nccs1. The summed E-state index contributed by atoms with van der Waals surface area (Å²) in [6.07, 6.45) is 1.73. The van der Waals surface area contributed by atoms with Crippen molar-refractivity contribution in [1.82, 2.24) is 4.98 Å². The highest BCUT2D eigenvalue weighted by Gasteiger charge is 2.31. The van der Waals surface area contributed by atoms with E-state index in [0.717, 1.165) is 5.13 Å². The summed E-state index contributed by atoms with van der Waals surface area (Å²) in [4.78, 5) is 17.6. The van der Waals surface area contributed by atoms with Gasteiger partial charge in [-0.15, -0.1) is 11.3 Å². The molecule has 1 saturated heterocycles. The summed E-state index contributed by atoms with van der Waals surface area (Å²) in [7, 11) is 1.39. The minimum Gasteiger partial charge on any atom is -0.467 e. The molecule has 2 rings (SSSR count). The number of hydrogen-bond donors (Lipinski definition) is 0. The van der Waals surface area contributed by atoms with Crippen molar-refractivity contribution in [3.8, 4) is 0 Å². The summed E-state index contributed by atoms with van der Waals surface area (Å²) >= 11 is 1.51. The van der Waals surface area contributed by atoms with Gasteiger partial charge in [-0.25, -0.2) is 9.78 Å². The minimum atomic E-state index is -0.366. The molecule has 0 bridgehead atoms. The van der Waals surface area contributed by atoms with E-state index in [2.05, 4.69) is 4.98 Å². The number of esters is 1. The molecule has 1 fully saturated rings. The van der Waals surface area contributed by atoms with Gasteiger partial charge in [0.1, 0.15) is 0 Å². The van der Waals surface area contributed by atoms with E-state index in [9.17, 15) is 4.79 Å². The highest BCUT2D eigenvalue weighted by atomic mass is 32.1. The standard InChI is InChI=1S/C9H12N2O3S/c1-13-8(12)7-6-14-4-3-11(7)9-10-2-5-15-9/h2,5,7H,3-4,6H2,1H3. The van der Waals surface area contributed by atoms with Crippen LogP contribution in [0.4, 0.5) is 5.13 Å². The molecule has 5 nitrogen and oxygen atoms in total. The molecular formula is C9H12N2O3S. The lowest BCUT2D eigenvalue weighted by Crippen LogP contribution is -2.50. The molecule has 1 aliphatic heterocycles. The van der Waals surface area contributed by atoms with Crippen molar-refractivity contribution in [1.29, 1.82) is 0 Å². The molecule has 15 heavy (non-hydrogen) atoms. The van der Waals surface area contributed by atoms with Crippen LogP contribution in [0.1, 0.15) is 0 Å². The fraction of sp³-hybridized carbons (Fsp3) is 0.556. The maximum Gasteiger partial charge on any atom is 0.330 e.